The van der Waals surface area contributed by atoms with Crippen molar-refractivity contribution in [3.63, 3.8) is 0 Å². The lowest BCUT2D eigenvalue weighted by atomic mass is 10.1. The third-order valence-electron chi connectivity index (χ3n) is 4.42. The van der Waals surface area contributed by atoms with Crippen LogP contribution in [0, 0.1) is 0 Å². The average molecular weight is 416 g/mol. The van der Waals surface area contributed by atoms with Crippen LogP contribution in [0.1, 0.15) is 22.3 Å². The molecule has 0 bridgehead atoms. The highest BCUT2D eigenvalue weighted by atomic mass is 32.2. The first-order valence-electron chi connectivity index (χ1n) is 9.77. The van der Waals surface area contributed by atoms with Crippen LogP contribution in [0.2, 0.25) is 0 Å². The number of hydrogen-bond acceptors (Lipinski definition) is 5. The van der Waals surface area contributed by atoms with Gasteiger partial charge in [-0.3, -0.25) is 4.79 Å². The van der Waals surface area contributed by atoms with Crippen molar-refractivity contribution in [2.24, 2.45) is 0 Å². The number of oxazole rings is 1. The van der Waals surface area contributed by atoms with Gasteiger partial charge in [0.1, 0.15) is 11.3 Å². The van der Waals surface area contributed by atoms with Gasteiger partial charge < -0.3 is 9.15 Å². The Kier molecular flexibility index (Phi) is 6.62. The van der Waals surface area contributed by atoms with Gasteiger partial charge in [-0.25, -0.2) is 4.98 Å². The van der Waals surface area contributed by atoms with E-state index in [9.17, 15) is 4.79 Å². The molecule has 30 heavy (non-hydrogen) atoms. The summed E-state index contributed by atoms with van der Waals surface area (Å²) in [5, 5.41) is 0.683. The van der Waals surface area contributed by atoms with Gasteiger partial charge in [0.25, 0.3) is 5.22 Å². The highest BCUT2D eigenvalue weighted by Crippen LogP contribution is 2.23. The van der Waals surface area contributed by atoms with Crippen LogP contribution >= 0.6 is 11.8 Å². The fourth-order valence-electron chi connectivity index (χ4n) is 2.87. The summed E-state index contributed by atoms with van der Waals surface area (Å²) in [5.74, 6) is 1.58. The molecule has 0 amide bonds. The van der Waals surface area contributed by atoms with Crippen molar-refractivity contribution < 1.29 is 13.9 Å². The molecule has 1 heterocycles. The minimum atomic E-state index is -0.0277. The van der Waals surface area contributed by atoms with Crippen LogP contribution in [0.4, 0.5) is 0 Å². The Morgan fingerprint density at radius 3 is 2.53 bits per heavy atom. The number of benzene rings is 3. The lowest BCUT2D eigenvalue weighted by Gasteiger charge is -2.06. The molecule has 0 aliphatic carbocycles. The first-order chi connectivity index (χ1) is 14.8. The van der Waals surface area contributed by atoms with E-state index in [4.69, 9.17) is 9.15 Å². The Morgan fingerprint density at radius 1 is 0.967 bits per heavy atom. The van der Waals surface area contributed by atoms with E-state index in [0.29, 0.717) is 17.4 Å². The summed E-state index contributed by atoms with van der Waals surface area (Å²) in [4.78, 5) is 16.7. The second-order valence-electron chi connectivity index (χ2n) is 6.63. The van der Waals surface area contributed by atoms with Crippen LogP contribution in [0.25, 0.3) is 17.2 Å². The molecule has 4 rings (SSSR count). The highest BCUT2D eigenvalue weighted by Gasteiger charge is 2.06. The topological polar surface area (TPSA) is 52.3 Å². The van der Waals surface area contributed by atoms with Crippen molar-refractivity contribution in [3.05, 3.63) is 96.1 Å². The molecule has 0 atom stereocenters. The van der Waals surface area contributed by atoms with Crippen molar-refractivity contribution in [2.75, 3.05) is 12.4 Å². The molecule has 0 saturated heterocycles. The number of carbonyl (C=O) groups excluding carboxylic acids is 1. The molecule has 0 saturated carbocycles. The summed E-state index contributed by atoms with van der Waals surface area (Å²) in [5.41, 5.74) is 3.33. The van der Waals surface area contributed by atoms with Gasteiger partial charge in [-0.1, -0.05) is 60.3 Å². The number of ether oxygens (including phenoxy) is 1. The van der Waals surface area contributed by atoms with E-state index in [-0.39, 0.29) is 5.78 Å². The second-order valence-corrected chi connectivity index (χ2v) is 7.68. The van der Waals surface area contributed by atoms with Gasteiger partial charge in [-0.15, -0.1) is 0 Å². The van der Waals surface area contributed by atoms with E-state index in [2.05, 4.69) is 4.98 Å². The molecule has 0 aliphatic rings. The normalized spacial score (nSPS) is 11.2. The van der Waals surface area contributed by atoms with Crippen molar-refractivity contribution >= 4 is 34.7 Å². The molecule has 0 spiro atoms. The number of para-hydroxylation sites is 2. The predicted molar refractivity (Wildman–Crippen MR) is 121 cm³/mol. The van der Waals surface area contributed by atoms with E-state index < -0.39 is 0 Å². The molecular formula is C25H21NO3S. The molecule has 0 fully saturated rings. The van der Waals surface area contributed by atoms with E-state index in [1.165, 1.54) is 0 Å². The molecule has 1 aromatic heterocycles. The highest BCUT2D eigenvalue weighted by molar-refractivity contribution is 7.99. The Morgan fingerprint density at radius 2 is 1.73 bits per heavy atom. The third-order valence-corrected chi connectivity index (χ3v) is 5.34. The summed E-state index contributed by atoms with van der Waals surface area (Å²) >= 11 is 1.58. The molecule has 0 unspecified atom stereocenters. The Labute approximate surface area is 179 Å². The maximum absolute atomic E-state index is 12.3. The number of rotatable bonds is 9. The maximum atomic E-state index is 12.3. The molecule has 0 N–H and O–H groups in total. The Bertz CT molecular complexity index is 1100. The number of allylic oxidation sites excluding steroid dienone is 1. The van der Waals surface area contributed by atoms with Gasteiger partial charge >= 0.3 is 0 Å². The number of fused-ring (bicyclic) bond motifs is 1. The van der Waals surface area contributed by atoms with E-state index in [0.717, 1.165) is 34.6 Å². The summed E-state index contributed by atoms with van der Waals surface area (Å²) in [6.07, 6.45) is 4.28. The molecule has 3 aromatic carbocycles. The Balaban J connectivity index is 1.21. The third kappa shape index (κ3) is 5.39. The smallest absolute Gasteiger partial charge is 0.256 e. The van der Waals surface area contributed by atoms with Gasteiger partial charge in [0.2, 0.25) is 0 Å². The molecule has 5 heteroatoms. The van der Waals surface area contributed by atoms with E-state index in [1.807, 2.05) is 72.8 Å². The SMILES string of the molecule is O=C(/C=C/c1ccccc1)c1ccc(OCCCSc2nc3ccccc3o2)cc1. The zero-order valence-electron chi connectivity index (χ0n) is 16.4. The summed E-state index contributed by atoms with van der Waals surface area (Å²) in [6, 6.07) is 24.8. The van der Waals surface area contributed by atoms with Crippen LogP contribution in [0.3, 0.4) is 0 Å². The van der Waals surface area contributed by atoms with Gasteiger partial charge in [0.15, 0.2) is 11.4 Å². The van der Waals surface area contributed by atoms with E-state index in [1.54, 1.807) is 30.0 Å². The zero-order chi connectivity index (χ0) is 20.6. The van der Waals surface area contributed by atoms with Crippen molar-refractivity contribution in [1.29, 1.82) is 0 Å². The quantitative estimate of drug-likeness (QED) is 0.139. The van der Waals surface area contributed by atoms with Crippen LogP contribution in [0.5, 0.6) is 5.75 Å². The largest absolute Gasteiger partial charge is 0.494 e. The number of aromatic nitrogens is 1. The van der Waals surface area contributed by atoms with E-state index >= 15 is 0 Å². The molecule has 0 aliphatic heterocycles. The average Bonchev–Trinajstić information content (AvgIpc) is 3.21. The molecule has 0 radical (unpaired) electrons. The summed E-state index contributed by atoms with van der Waals surface area (Å²) in [6.45, 7) is 0.592. The second kappa shape index (κ2) is 9.94. The fourth-order valence-corrected chi connectivity index (χ4v) is 3.62. The van der Waals surface area contributed by atoms with Gasteiger partial charge in [-0.05, 0) is 54.5 Å². The minimum absolute atomic E-state index is 0.0277. The van der Waals surface area contributed by atoms with Crippen LogP contribution in [0.15, 0.2) is 94.6 Å². The first-order valence-corrected chi connectivity index (χ1v) is 10.8. The molecule has 4 nitrogen and oxygen atoms in total. The zero-order valence-corrected chi connectivity index (χ0v) is 17.2. The van der Waals surface area contributed by atoms with Gasteiger partial charge in [0, 0.05) is 11.3 Å². The van der Waals surface area contributed by atoms with Crippen LogP contribution in [-0.2, 0) is 0 Å². The first kappa shape index (κ1) is 20.0. The van der Waals surface area contributed by atoms with Crippen molar-refractivity contribution in [3.8, 4) is 5.75 Å². The van der Waals surface area contributed by atoms with Gasteiger partial charge in [-0.2, -0.15) is 0 Å². The maximum Gasteiger partial charge on any atom is 0.256 e. The lowest BCUT2D eigenvalue weighted by molar-refractivity contribution is 0.104. The van der Waals surface area contributed by atoms with Crippen molar-refractivity contribution in [1.82, 2.24) is 4.98 Å². The number of carbonyl (C=O) groups is 1. The minimum Gasteiger partial charge on any atom is -0.494 e. The van der Waals surface area contributed by atoms with Crippen LogP contribution in [-0.4, -0.2) is 23.1 Å². The molecule has 150 valence electrons. The van der Waals surface area contributed by atoms with Crippen molar-refractivity contribution in [2.45, 2.75) is 11.6 Å². The number of hydrogen-bond donors (Lipinski definition) is 0. The number of thioether (sulfide) groups is 1. The van der Waals surface area contributed by atoms with Crippen LogP contribution < -0.4 is 4.74 Å². The number of nitrogens with zero attached hydrogens (tertiary/aromatic N) is 1. The molecule has 4 aromatic rings. The van der Waals surface area contributed by atoms with Gasteiger partial charge in [0.05, 0.1) is 6.61 Å². The summed E-state index contributed by atoms with van der Waals surface area (Å²) < 4.78 is 11.5. The Hall–Kier alpha value is -3.31. The standard InChI is InChI=1S/C25H21NO3S/c27-23(16-11-19-7-2-1-3-8-19)20-12-14-21(15-13-20)28-17-6-18-30-25-26-22-9-4-5-10-24(22)29-25/h1-5,7-16H,6,17-18H2/b16-11+. The fraction of sp³-hybridized carbons (Fsp3) is 0.120. The lowest BCUT2D eigenvalue weighted by Crippen LogP contribution is -2.00. The molecular weight excluding hydrogens is 394 g/mol. The monoisotopic (exact) mass is 415 g/mol. The summed E-state index contributed by atoms with van der Waals surface area (Å²) in [7, 11) is 0. The number of ketones is 1. The predicted octanol–water partition coefficient (Wildman–Crippen LogP) is 6.29.